The van der Waals surface area contributed by atoms with Crippen molar-refractivity contribution in [3.8, 4) is 5.75 Å². The number of rotatable bonds is 5. The van der Waals surface area contributed by atoms with Crippen LogP contribution in [0.15, 0.2) is 29.6 Å². The van der Waals surface area contributed by atoms with Crippen molar-refractivity contribution in [3.63, 3.8) is 0 Å². The molecule has 0 N–H and O–H groups in total. The summed E-state index contributed by atoms with van der Waals surface area (Å²) in [7, 11) is 0. The highest BCUT2D eigenvalue weighted by molar-refractivity contribution is 7.09. The summed E-state index contributed by atoms with van der Waals surface area (Å²) in [5, 5.41) is 3.29. The van der Waals surface area contributed by atoms with Gasteiger partial charge in [0.15, 0.2) is 6.29 Å². The minimum atomic E-state index is 0.479. The molecule has 0 amide bonds. The number of benzene rings is 1. The molecule has 0 spiro atoms. The summed E-state index contributed by atoms with van der Waals surface area (Å²) in [6.45, 7) is 0.520. The van der Waals surface area contributed by atoms with Crippen molar-refractivity contribution in [2.45, 2.75) is 6.42 Å². The van der Waals surface area contributed by atoms with Crippen molar-refractivity contribution >= 4 is 29.2 Å². The van der Waals surface area contributed by atoms with Gasteiger partial charge in [-0.3, -0.25) is 4.79 Å². The van der Waals surface area contributed by atoms with Crippen LogP contribution in [-0.4, -0.2) is 17.9 Å². The van der Waals surface area contributed by atoms with Gasteiger partial charge in [-0.25, -0.2) is 4.98 Å². The number of carbonyl (C=O) groups is 1. The van der Waals surface area contributed by atoms with Crippen molar-refractivity contribution in [1.29, 1.82) is 0 Å². The van der Waals surface area contributed by atoms with Gasteiger partial charge in [-0.05, 0) is 18.2 Å². The first-order valence-electron chi connectivity index (χ1n) is 5.06. The van der Waals surface area contributed by atoms with E-state index in [2.05, 4.69) is 4.98 Å². The van der Waals surface area contributed by atoms with E-state index in [1.807, 2.05) is 12.1 Å². The lowest BCUT2D eigenvalue weighted by molar-refractivity contribution is 0.111. The molecule has 1 aromatic carbocycles. The number of nitrogens with zero attached hydrogens (tertiary/aromatic N) is 1. The monoisotopic (exact) mass is 267 g/mol. The minimum absolute atomic E-state index is 0.479. The third-order valence-corrected chi connectivity index (χ3v) is 3.23. The maximum absolute atomic E-state index is 10.5. The number of thiazole rings is 1. The van der Waals surface area contributed by atoms with Gasteiger partial charge in [0, 0.05) is 16.8 Å². The Hall–Kier alpha value is -1.39. The highest BCUT2D eigenvalue weighted by atomic mass is 35.5. The lowest BCUT2D eigenvalue weighted by atomic mass is 10.3. The Morgan fingerprint density at radius 3 is 3.06 bits per heavy atom. The van der Waals surface area contributed by atoms with Gasteiger partial charge in [0.2, 0.25) is 0 Å². The van der Waals surface area contributed by atoms with Gasteiger partial charge in [-0.15, -0.1) is 11.3 Å². The second-order valence-electron chi connectivity index (χ2n) is 3.34. The smallest absolute Gasteiger partial charge is 0.169 e. The fraction of sp³-hybridized carbons (Fsp3) is 0.167. The SMILES string of the molecule is O=Cc1csc(CCOc2cccc(Cl)c2)n1. The topological polar surface area (TPSA) is 39.2 Å². The van der Waals surface area contributed by atoms with Crippen LogP contribution in [0.25, 0.3) is 0 Å². The molecule has 2 aromatic rings. The van der Waals surface area contributed by atoms with Gasteiger partial charge < -0.3 is 4.74 Å². The van der Waals surface area contributed by atoms with Crippen molar-refractivity contribution in [2.75, 3.05) is 6.61 Å². The molecule has 2 rings (SSSR count). The maximum Gasteiger partial charge on any atom is 0.169 e. The Bertz CT molecular complexity index is 513. The fourth-order valence-electron chi connectivity index (χ4n) is 1.31. The zero-order valence-corrected chi connectivity index (χ0v) is 10.5. The Kier molecular flexibility index (Phi) is 4.12. The minimum Gasteiger partial charge on any atom is -0.493 e. The van der Waals surface area contributed by atoms with Gasteiger partial charge in [0.05, 0.1) is 11.6 Å². The molecule has 0 unspecified atom stereocenters. The van der Waals surface area contributed by atoms with Crippen LogP contribution in [0, 0.1) is 0 Å². The van der Waals surface area contributed by atoms with Crippen LogP contribution in [0.5, 0.6) is 5.75 Å². The first-order valence-corrected chi connectivity index (χ1v) is 6.31. The number of hydrogen-bond acceptors (Lipinski definition) is 4. The molecule has 0 radical (unpaired) electrons. The van der Waals surface area contributed by atoms with E-state index in [9.17, 15) is 4.79 Å². The molecule has 0 aliphatic heterocycles. The number of ether oxygens (including phenoxy) is 1. The molecule has 1 aromatic heterocycles. The molecular weight excluding hydrogens is 258 g/mol. The highest BCUT2D eigenvalue weighted by Crippen LogP contribution is 2.17. The van der Waals surface area contributed by atoms with Crippen LogP contribution in [0.4, 0.5) is 0 Å². The summed E-state index contributed by atoms with van der Waals surface area (Å²) in [4.78, 5) is 14.6. The summed E-state index contributed by atoms with van der Waals surface area (Å²) in [5.41, 5.74) is 0.479. The Morgan fingerprint density at radius 2 is 2.35 bits per heavy atom. The summed E-state index contributed by atoms with van der Waals surface area (Å²) < 4.78 is 5.53. The highest BCUT2D eigenvalue weighted by Gasteiger charge is 2.01. The van der Waals surface area contributed by atoms with E-state index in [1.54, 1.807) is 17.5 Å². The summed E-state index contributed by atoms with van der Waals surface area (Å²) in [5.74, 6) is 0.740. The normalized spacial score (nSPS) is 10.2. The Balaban J connectivity index is 1.85. The molecule has 0 fully saturated rings. The summed E-state index contributed by atoms with van der Waals surface area (Å²) in [6.07, 6.45) is 1.43. The number of hydrogen-bond donors (Lipinski definition) is 0. The molecule has 0 aliphatic carbocycles. The first kappa shape index (κ1) is 12.1. The third-order valence-electron chi connectivity index (χ3n) is 2.07. The van der Waals surface area contributed by atoms with Crippen LogP contribution in [0.1, 0.15) is 15.5 Å². The maximum atomic E-state index is 10.5. The number of aldehydes is 1. The Morgan fingerprint density at radius 1 is 1.47 bits per heavy atom. The van der Waals surface area contributed by atoms with Crippen molar-refractivity contribution < 1.29 is 9.53 Å². The van der Waals surface area contributed by atoms with Crippen LogP contribution in [0.2, 0.25) is 5.02 Å². The zero-order valence-electron chi connectivity index (χ0n) is 8.93. The standard InChI is InChI=1S/C12H10ClNO2S/c13-9-2-1-3-11(6-9)16-5-4-12-14-10(7-15)8-17-12/h1-3,6-8H,4-5H2. The van der Waals surface area contributed by atoms with Crippen LogP contribution < -0.4 is 4.74 Å². The molecule has 3 nitrogen and oxygen atoms in total. The largest absolute Gasteiger partial charge is 0.493 e. The average molecular weight is 268 g/mol. The van der Waals surface area contributed by atoms with Gasteiger partial charge in [0.1, 0.15) is 11.4 Å². The van der Waals surface area contributed by atoms with Crippen LogP contribution in [0.3, 0.4) is 0 Å². The Labute approximate surface area is 108 Å². The molecular formula is C12H10ClNO2S. The fourth-order valence-corrected chi connectivity index (χ4v) is 2.21. The van der Waals surface area contributed by atoms with Crippen molar-refractivity contribution in [3.05, 3.63) is 45.4 Å². The van der Waals surface area contributed by atoms with E-state index in [0.717, 1.165) is 17.0 Å². The van der Waals surface area contributed by atoms with Gasteiger partial charge in [0.25, 0.3) is 0 Å². The molecule has 0 bridgehead atoms. The number of halogens is 1. The van der Waals surface area contributed by atoms with Gasteiger partial charge in [-0.2, -0.15) is 0 Å². The molecule has 0 atom stereocenters. The van der Waals surface area contributed by atoms with Crippen molar-refractivity contribution in [1.82, 2.24) is 4.98 Å². The van der Waals surface area contributed by atoms with Gasteiger partial charge >= 0.3 is 0 Å². The van der Waals surface area contributed by atoms with E-state index < -0.39 is 0 Å². The van der Waals surface area contributed by atoms with E-state index in [1.165, 1.54) is 11.3 Å². The van der Waals surface area contributed by atoms with Crippen LogP contribution >= 0.6 is 22.9 Å². The lowest BCUT2D eigenvalue weighted by Crippen LogP contribution is -2.01. The average Bonchev–Trinajstić information content (AvgIpc) is 2.77. The summed E-state index contributed by atoms with van der Waals surface area (Å²) in [6, 6.07) is 7.25. The van der Waals surface area contributed by atoms with Crippen LogP contribution in [-0.2, 0) is 6.42 Å². The molecule has 0 aliphatic rings. The van der Waals surface area contributed by atoms with E-state index in [4.69, 9.17) is 16.3 Å². The molecule has 88 valence electrons. The predicted molar refractivity (Wildman–Crippen MR) is 68.2 cm³/mol. The predicted octanol–water partition coefficient (Wildman–Crippen LogP) is 3.23. The zero-order chi connectivity index (χ0) is 12.1. The van der Waals surface area contributed by atoms with E-state index in [-0.39, 0.29) is 0 Å². The number of carbonyl (C=O) groups excluding carboxylic acids is 1. The summed E-state index contributed by atoms with van der Waals surface area (Å²) >= 11 is 7.30. The second kappa shape index (κ2) is 5.80. The first-order chi connectivity index (χ1) is 8.28. The molecule has 0 saturated carbocycles. The van der Waals surface area contributed by atoms with Gasteiger partial charge in [-0.1, -0.05) is 17.7 Å². The molecule has 5 heteroatoms. The number of aromatic nitrogens is 1. The van der Waals surface area contributed by atoms with E-state index >= 15 is 0 Å². The molecule has 0 saturated heterocycles. The quantitative estimate of drug-likeness (QED) is 0.781. The van der Waals surface area contributed by atoms with E-state index in [0.29, 0.717) is 23.7 Å². The lowest BCUT2D eigenvalue weighted by Gasteiger charge is -2.04. The second-order valence-corrected chi connectivity index (χ2v) is 4.72. The third kappa shape index (κ3) is 3.54. The molecule has 1 heterocycles. The molecule has 17 heavy (non-hydrogen) atoms. The van der Waals surface area contributed by atoms with Crippen molar-refractivity contribution in [2.24, 2.45) is 0 Å².